The fraction of sp³-hybridized carbons (Fsp3) is 0.200. The molecule has 5 nitrogen and oxygen atoms in total. The van der Waals surface area contributed by atoms with Crippen LogP contribution in [0.4, 0.5) is 3.89 Å². The van der Waals surface area contributed by atoms with Gasteiger partial charge in [0.2, 0.25) is 0 Å². The minimum Gasteiger partial charge on any atom is -0.259 e. The largest absolute Gasteiger partial charge is 0.338 e. The summed E-state index contributed by atoms with van der Waals surface area (Å²) < 4.78 is 32.8. The first-order valence-corrected chi connectivity index (χ1v) is 4.30. The number of hydrogen-bond acceptors (Lipinski definition) is 4. The lowest BCUT2D eigenvalue weighted by Gasteiger charge is -1.92. The highest BCUT2D eigenvalue weighted by Gasteiger charge is 2.29. The fourth-order valence-electron chi connectivity index (χ4n) is 0.861. The third kappa shape index (κ3) is 1.50. The van der Waals surface area contributed by atoms with Gasteiger partial charge in [0.15, 0.2) is 4.91 Å². The number of halogens is 1. The number of hydrogen-bond donors (Lipinski definition) is 0. The van der Waals surface area contributed by atoms with Crippen LogP contribution >= 0.6 is 0 Å². The standard InChI is InChI=1S/C5H4FNO4S/c6-12(10,11)5-3-1-2-4(5)7(8)9/h1,3H,2H2. The van der Waals surface area contributed by atoms with E-state index < -0.39 is 25.7 Å². The van der Waals surface area contributed by atoms with Crippen molar-refractivity contribution in [3.05, 3.63) is 32.9 Å². The van der Waals surface area contributed by atoms with Gasteiger partial charge in [-0.2, -0.15) is 8.42 Å². The molecule has 1 aliphatic rings. The first-order chi connectivity index (χ1) is 5.43. The van der Waals surface area contributed by atoms with E-state index in [4.69, 9.17) is 0 Å². The highest BCUT2D eigenvalue weighted by Crippen LogP contribution is 2.24. The molecular weight excluding hydrogens is 189 g/mol. The first-order valence-electron chi connectivity index (χ1n) is 2.91. The molecule has 0 heterocycles. The van der Waals surface area contributed by atoms with Gasteiger partial charge in [-0.3, -0.25) is 10.1 Å². The van der Waals surface area contributed by atoms with E-state index in [2.05, 4.69) is 0 Å². The minimum absolute atomic E-state index is 0.147. The quantitative estimate of drug-likeness (QED) is 0.368. The Bertz CT molecular complexity index is 380. The molecule has 0 spiro atoms. The van der Waals surface area contributed by atoms with E-state index in [1.165, 1.54) is 6.08 Å². The number of nitrogens with zero attached hydrogens (tertiary/aromatic N) is 1. The molecule has 0 radical (unpaired) electrons. The van der Waals surface area contributed by atoms with Gasteiger partial charge >= 0.3 is 10.2 Å². The first kappa shape index (κ1) is 8.85. The van der Waals surface area contributed by atoms with Crippen molar-refractivity contribution in [2.75, 3.05) is 0 Å². The van der Waals surface area contributed by atoms with E-state index in [9.17, 15) is 22.4 Å². The van der Waals surface area contributed by atoms with Crippen molar-refractivity contribution < 1.29 is 17.2 Å². The lowest BCUT2D eigenvalue weighted by Crippen LogP contribution is -2.03. The highest BCUT2D eigenvalue weighted by molar-refractivity contribution is 7.90. The van der Waals surface area contributed by atoms with E-state index >= 15 is 0 Å². The summed E-state index contributed by atoms with van der Waals surface area (Å²) in [6, 6.07) is 0. The molecule has 1 aliphatic carbocycles. The predicted molar refractivity (Wildman–Crippen MR) is 37.8 cm³/mol. The SMILES string of the molecule is O=[N+]([O-])C1=C(S(=O)(=O)F)C=CC1. The second-order valence-electron chi connectivity index (χ2n) is 2.11. The maximum absolute atomic E-state index is 12.3. The Hall–Kier alpha value is -1.24. The predicted octanol–water partition coefficient (Wildman–Crippen LogP) is 0.734. The third-order valence-electron chi connectivity index (χ3n) is 1.35. The molecule has 0 fully saturated rings. The molecule has 1 rings (SSSR count). The van der Waals surface area contributed by atoms with Crippen molar-refractivity contribution in [3.63, 3.8) is 0 Å². The van der Waals surface area contributed by atoms with E-state index in [0.29, 0.717) is 0 Å². The summed E-state index contributed by atoms with van der Waals surface area (Å²) in [6.45, 7) is 0. The molecule has 0 amide bonds. The zero-order valence-electron chi connectivity index (χ0n) is 5.73. The van der Waals surface area contributed by atoms with Crippen LogP contribution in [-0.2, 0) is 10.2 Å². The molecule has 0 aromatic carbocycles. The lowest BCUT2D eigenvalue weighted by molar-refractivity contribution is -0.426. The smallest absolute Gasteiger partial charge is 0.259 e. The maximum atomic E-state index is 12.3. The van der Waals surface area contributed by atoms with E-state index in [1.54, 1.807) is 0 Å². The number of nitro groups is 1. The van der Waals surface area contributed by atoms with Gasteiger partial charge in [0.1, 0.15) is 0 Å². The van der Waals surface area contributed by atoms with Gasteiger partial charge in [0.25, 0.3) is 5.70 Å². The third-order valence-corrected chi connectivity index (χ3v) is 2.24. The Kier molecular flexibility index (Phi) is 1.97. The van der Waals surface area contributed by atoms with Crippen LogP contribution in [-0.4, -0.2) is 13.3 Å². The zero-order chi connectivity index (χ0) is 9.35. The van der Waals surface area contributed by atoms with Crippen LogP contribution in [0.3, 0.4) is 0 Å². The van der Waals surface area contributed by atoms with Gasteiger partial charge in [-0.1, -0.05) is 6.08 Å². The van der Waals surface area contributed by atoms with Crippen LogP contribution in [0.25, 0.3) is 0 Å². The molecule has 0 aromatic rings. The van der Waals surface area contributed by atoms with Crippen molar-refractivity contribution in [1.82, 2.24) is 0 Å². The Balaban J connectivity index is 3.25. The number of allylic oxidation sites excluding steroid dienone is 2. The van der Waals surface area contributed by atoms with Gasteiger partial charge in [-0.25, -0.2) is 0 Å². The lowest BCUT2D eigenvalue weighted by atomic mass is 10.4. The molecule has 0 aromatic heterocycles. The molecule has 0 N–H and O–H groups in total. The summed E-state index contributed by atoms with van der Waals surface area (Å²) in [4.78, 5) is 8.40. The Morgan fingerprint density at radius 1 is 1.58 bits per heavy atom. The van der Waals surface area contributed by atoms with Gasteiger partial charge in [-0.05, 0) is 6.08 Å². The normalized spacial score (nSPS) is 17.1. The second kappa shape index (κ2) is 2.67. The summed E-state index contributed by atoms with van der Waals surface area (Å²) >= 11 is 0. The fourth-order valence-corrected chi connectivity index (χ4v) is 1.56. The molecule has 0 unspecified atom stereocenters. The molecular formula is C5H4FNO4S. The van der Waals surface area contributed by atoms with Gasteiger partial charge in [0.05, 0.1) is 11.3 Å². The van der Waals surface area contributed by atoms with E-state index in [1.807, 2.05) is 0 Å². The minimum atomic E-state index is -4.95. The molecule has 12 heavy (non-hydrogen) atoms. The summed E-state index contributed by atoms with van der Waals surface area (Å²) in [5, 5.41) is 10.1. The van der Waals surface area contributed by atoms with Crippen LogP contribution < -0.4 is 0 Å². The zero-order valence-corrected chi connectivity index (χ0v) is 6.54. The van der Waals surface area contributed by atoms with Crippen molar-refractivity contribution >= 4 is 10.2 Å². The highest BCUT2D eigenvalue weighted by atomic mass is 32.3. The van der Waals surface area contributed by atoms with Crippen LogP contribution in [0.2, 0.25) is 0 Å². The van der Waals surface area contributed by atoms with E-state index in [-0.39, 0.29) is 6.42 Å². The van der Waals surface area contributed by atoms with Crippen molar-refractivity contribution in [1.29, 1.82) is 0 Å². The maximum Gasteiger partial charge on any atom is 0.338 e. The van der Waals surface area contributed by atoms with Crippen LogP contribution in [0, 0.1) is 10.1 Å². The molecule has 0 saturated carbocycles. The monoisotopic (exact) mass is 193 g/mol. The van der Waals surface area contributed by atoms with Crippen LogP contribution in [0.5, 0.6) is 0 Å². The van der Waals surface area contributed by atoms with Crippen molar-refractivity contribution in [2.24, 2.45) is 0 Å². The summed E-state index contributed by atoms with van der Waals surface area (Å²) in [7, 11) is -4.95. The molecule has 0 aliphatic heterocycles. The topological polar surface area (TPSA) is 77.3 Å². The van der Waals surface area contributed by atoms with Crippen LogP contribution in [0.1, 0.15) is 6.42 Å². The van der Waals surface area contributed by atoms with Gasteiger partial charge in [-0.15, -0.1) is 3.89 Å². The van der Waals surface area contributed by atoms with Crippen molar-refractivity contribution in [3.8, 4) is 0 Å². The summed E-state index contributed by atoms with van der Waals surface area (Å²) in [6.07, 6.45) is 1.98. The summed E-state index contributed by atoms with van der Waals surface area (Å²) in [5.41, 5.74) is -0.613. The molecule has 0 bridgehead atoms. The Morgan fingerprint density at radius 3 is 2.50 bits per heavy atom. The van der Waals surface area contributed by atoms with Crippen molar-refractivity contribution in [2.45, 2.75) is 6.42 Å². The molecule has 0 saturated heterocycles. The Labute approximate surface area is 67.6 Å². The summed E-state index contributed by atoms with van der Waals surface area (Å²) in [5.74, 6) is 0. The van der Waals surface area contributed by atoms with Gasteiger partial charge in [0, 0.05) is 0 Å². The molecule has 0 atom stereocenters. The number of rotatable bonds is 2. The molecule has 7 heteroatoms. The average Bonchev–Trinajstić information content (AvgIpc) is 2.30. The Morgan fingerprint density at radius 2 is 2.17 bits per heavy atom. The average molecular weight is 193 g/mol. The second-order valence-corrected chi connectivity index (χ2v) is 3.43. The van der Waals surface area contributed by atoms with Crippen LogP contribution in [0.15, 0.2) is 22.8 Å². The van der Waals surface area contributed by atoms with Gasteiger partial charge < -0.3 is 0 Å². The molecule has 66 valence electrons. The van der Waals surface area contributed by atoms with E-state index in [0.717, 1.165) is 6.08 Å².